The summed E-state index contributed by atoms with van der Waals surface area (Å²) < 4.78 is 37.0. The highest BCUT2D eigenvalue weighted by Gasteiger charge is 2.41. The fourth-order valence-electron chi connectivity index (χ4n) is 2.20. The molecule has 0 radical (unpaired) electrons. The van der Waals surface area contributed by atoms with Crippen LogP contribution < -0.4 is 5.32 Å². The molecule has 1 heterocycles. The quantitative estimate of drug-likeness (QED) is 0.673. The van der Waals surface area contributed by atoms with Crippen LogP contribution in [0.5, 0.6) is 0 Å². The Kier molecular flexibility index (Phi) is 4.32. The van der Waals surface area contributed by atoms with Crippen LogP contribution >= 0.6 is 11.6 Å². The summed E-state index contributed by atoms with van der Waals surface area (Å²) in [6, 6.07) is 2.70. The molecule has 1 aliphatic carbocycles. The van der Waals surface area contributed by atoms with E-state index in [0.717, 1.165) is 5.56 Å². The van der Waals surface area contributed by atoms with Gasteiger partial charge in [0.15, 0.2) is 0 Å². The number of nitrogens with one attached hydrogen (secondary N) is 1. The van der Waals surface area contributed by atoms with E-state index < -0.39 is 18.1 Å². The van der Waals surface area contributed by atoms with Crippen molar-refractivity contribution in [3.8, 4) is 0 Å². The zero-order chi connectivity index (χ0) is 14.8. The van der Waals surface area contributed by atoms with E-state index in [1.54, 1.807) is 18.2 Å². The summed E-state index contributed by atoms with van der Waals surface area (Å²) in [6.45, 7) is 0. The summed E-state index contributed by atoms with van der Waals surface area (Å²) in [5, 5.41) is 2.36. The van der Waals surface area contributed by atoms with Crippen LogP contribution in [0.4, 0.5) is 13.2 Å². The standard InChI is InChI=1S/C13H12ClF3N2O/c14-11-6-5-8(7-18-11)9-3-1-2-4-10(9)19-12(20)13(15,16)17/h1-2,5-7,9-10H,3-4H2,(H,19,20)/t9-,10-/m0/s1. The average Bonchev–Trinajstić information content (AvgIpc) is 2.39. The maximum atomic E-state index is 12.3. The molecule has 0 aromatic carbocycles. The van der Waals surface area contributed by atoms with Gasteiger partial charge in [0, 0.05) is 18.2 Å². The molecule has 0 fully saturated rings. The van der Waals surface area contributed by atoms with E-state index in [0.29, 0.717) is 18.0 Å². The molecule has 0 unspecified atom stereocenters. The highest BCUT2D eigenvalue weighted by molar-refractivity contribution is 6.29. The Morgan fingerprint density at radius 1 is 1.30 bits per heavy atom. The van der Waals surface area contributed by atoms with Crippen molar-refractivity contribution in [2.45, 2.75) is 31.0 Å². The number of carbonyl (C=O) groups excluding carboxylic acids is 1. The van der Waals surface area contributed by atoms with E-state index in [-0.39, 0.29) is 5.92 Å². The smallest absolute Gasteiger partial charge is 0.345 e. The maximum Gasteiger partial charge on any atom is 0.471 e. The fraction of sp³-hybridized carbons (Fsp3) is 0.385. The third-order valence-electron chi connectivity index (χ3n) is 3.18. The molecule has 7 heteroatoms. The van der Waals surface area contributed by atoms with Gasteiger partial charge >= 0.3 is 12.1 Å². The van der Waals surface area contributed by atoms with Gasteiger partial charge in [-0.1, -0.05) is 29.8 Å². The van der Waals surface area contributed by atoms with Crippen molar-refractivity contribution >= 4 is 17.5 Å². The first kappa shape index (κ1) is 14.8. The number of carbonyl (C=O) groups is 1. The first-order valence-electron chi connectivity index (χ1n) is 6.02. The first-order chi connectivity index (χ1) is 9.38. The van der Waals surface area contributed by atoms with Crippen molar-refractivity contribution in [2.24, 2.45) is 0 Å². The molecule has 1 aromatic heterocycles. The van der Waals surface area contributed by atoms with E-state index in [4.69, 9.17) is 11.6 Å². The fourth-order valence-corrected chi connectivity index (χ4v) is 2.31. The molecular formula is C13H12ClF3N2O. The number of allylic oxidation sites excluding steroid dienone is 1. The largest absolute Gasteiger partial charge is 0.471 e. The van der Waals surface area contributed by atoms with Crippen molar-refractivity contribution in [2.75, 3.05) is 0 Å². The van der Waals surface area contributed by atoms with E-state index in [2.05, 4.69) is 4.98 Å². The van der Waals surface area contributed by atoms with Crippen molar-refractivity contribution in [1.29, 1.82) is 0 Å². The van der Waals surface area contributed by atoms with Gasteiger partial charge in [-0.15, -0.1) is 0 Å². The van der Waals surface area contributed by atoms with E-state index in [1.165, 1.54) is 6.20 Å². The molecule has 108 valence electrons. The molecule has 0 saturated heterocycles. The summed E-state index contributed by atoms with van der Waals surface area (Å²) in [5.41, 5.74) is 0.756. The predicted molar refractivity (Wildman–Crippen MR) is 68.3 cm³/mol. The number of alkyl halides is 3. The number of hydrogen-bond donors (Lipinski definition) is 1. The number of hydrogen-bond acceptors (Lipinski definition) is 2. The van der Waals surface area contributed by atoms with Crippen LogP contribution in [0, 0.1) is 0 Å². The van der Waals surface area contributed by atoms with Crippen molar-refractivity contribution < 1.29 is 18.0 Å². The SMILES string of the molecule is O=C(N[C@H]1CC=CC[C@H]1c1ccc(Cl)nc1)C(F)(F)F. The Morgan fingerprint density at radius 3 is 2.60 bits per heavy atom. The van der Waals surface area contributed by atoms with Gasteiger partial charge in [0.1, 0.15) is 5.15 Å². The molecule has 1 aromatic rings. The Morgan fingerprint density at radius 2 is 2.00 bits per heavy atom. The molecule has 0 aliphatic heterocycles. The lowest BCUT2D eigenvalue weighted by molar-refractivity contribution is -0.174. The third kappa shape index (κ3) is 3.50. The number of halogens is 4. The van der Waals surface area contributed by atoms with Crippen molar-refractivity contribution in [1.82, 2.24) is 10.3 Å². The summed E-state index contributed by atoms with van der Waals surface area (Å²) in [7, 11) is 0. The van der Waals surface area contributed by atoms with Gasteiger partial charge in [0.05, 0.1) is 0 Å². The number of amides is 1. The number of rotatable bonds is 2. The molecule has 0 spiro atoms. The van der Waals surface area contributed by atoms with Gasteiger partial charge in [-0.2, -0.15) is 13.2 Å². The van der Waals surface area contributed by atoms with Gasteiger partial charge < -0.3 is 5.32 Å². The lowest BCUT2D eigenvalue weighted by Gasteiger charge is -2.29. The molecule has 0 saturated carbocycles. The number of nitrogens with zero attached hydrogens (tertiary/aromatic N) is 1. The topological polar surface area (TPSA) is 42.0 Å². The molecule has 1 N–H and O–H groups in total. The van der Waals surface area contributed by atoms with Gasteiger partial charge in [0.2, 0.25) is 0 Å². The first-order valence-corrected chi connectivity index (χ1v) is 6.40. The van der Waals surface area contributed by atoms with E-state index in [9.17, 15) is 18.0 Å². The van der Waals surface area contributed by atoms with E-state index in [1.807, 2.05) is 11.4 Å². The van der Waals surface area contributed by atoms with Crippen molar-refractivity contribution in [3.05, 3.63) is 41.2 Å². The molecule has 3 nitrogen and oxygen atoms in total. The average molecular weight is 305 g/mol. The highest BCUT2D eigenvalue weighted by atomic mass is 35.5. The second-order valence-corrected chi connectivity index (χ2v) is 4.93. The monoisotopic (exact) mass is 304 g/mol. The lowest BCUT2D eigenvalue weighted by atomic mass is 9.84. The maximum absolute atomic E-state index is 12.3. The second kappa shape index (κ2) is 5.83. The highest BCUT2D eigenvalue weighted by Crippen LogP contribution is 2.30. The summed E-state index contributed by atoms with van der Waals surface area (Å²) in [5.74, 6) is -2.15. The zero-order valence-corrected chi connectivity index (χ0v) is 11.1. The number of aromatic nitrogens is 1. The summed E-state index contributed by atoms with van der Waals surface area (Å²) in [4.78, 5) is 15.0. The molecule has 20 heavy (non-hydrogen) atoms. The second-order valence-electron chi connectivity index (χ2n) is 4.54. The van der Waals surface area contributed by atoms with Crippen LogP contribution in [0.25, 0.3) is 0 Å². The van der Waals surface area contributed by atoms with Crippen LogP contribution in [0.2, 0.25) is 5.15 Å². The summed E-state index contributed by atoms with van der Waals surface area (Å²) >= 11 is 5.69. The minimum Gasteiger partial charge on any atom is -0.345 e. The lowest BCUT2D eigenvalue weighted by Crippen LogP contribution is -2.46. The molecule has 1 amide bonds. The Balaban J connectivity index is 2.16. The van der Waals surface area contributed by atoms with E-state index >= 15 is 0 Å². The molecular weight excluding hydrogens is 293 g/mol. The summed E-state index contributed by atoms with van der Waals surface area (Å²) in [6.07, 6.45) is 1.21. The third-order valence-corrected chi connectivity index (χ3v) is 3.41. The Bertz CT molecular complexity index is 513. The Hall–Kier alpha value is -1.56. The normalized spacial score (nSPS) is 22.6. The van der Waals surface area contributed by atoms with Gasteiger partial charge in [-0.3, -0.25) is 4.79 Å². The van der Waals surface area contributed by atoms with Crippen LogP contribution in [0.3, 0.4) is 0 Å². The van der Waals surface area contributed by atoms with Crippen molar-refractivity contribution in [3.63, 3.8) is 0 Å². The zero-order valence-electron chi connectivity index (χ0n) is 10.3. The van der Waals surface area contributed by atoms with Crippen LogP contribution in [-0.4, -0.2) is 23.1 Å². The molecule has 2 rings (SSSR count). The van der Waals surface area contributed by atoms with Gasteiger partial charge in [-0.05, 0) is 24.5 Å². The minimum absolute atomic E-state index is 0.240. The predicted octanol–water partition coefficient (Wildman–Crippen LogP) is 3.22. The number of pyridine rings is 1. The van der Waals surface area contributed by atoms with Gasteiger partial charge in [0.25, 0.3) is 0 Å². The molecule has 0 bridgehead atoms. The van der Waals surface area contributed by atoms with Gasteiger partial charge in [-0.25, -0.2) is 4.98 Å². The Labute approximate surface area is 118 Å². The van der Waals surface area contributed by atoms with Crippen LogP contribution in [0.15, 0.2) is 30.5 Å². The minimum atomic E-state index is -4.87. The van der Waals surface area contributed by atoms with Crippen LogP contribution in [-0.2, 0) is 4.79 Å². The molecule has 2 atom stereocenters. The van der Waals surface area contributed by atoms with Crippen LogP contribution in [0.1, 0.15) is 24.3 Å². The molecule has 1 aliphatic rings.